The maximum absolute atomic E-state index is 12.3. The summed E-state index contributed by atoms with van der Waals surface area (Å²) in [6, 6.07) is 0. The number of imidazole rings is 1. The molecule has 1 aromatic heterocycles. The minimum Gasteiger partial charge on any atom is -0.381 e. The lowest BCUT2D eigenvalue weighted by molar-refractivity contribution is -0.133. The lowest BCUT2D eigenvalue weighted by Crippen LogP contribution is -2.40. The van der Waals surface area contributed by atoms with Crippen molar-refractivity contribution in [3.8, 4) is 0 Å². The third-order valence-electron chi connectivity index (χ3n) is 4.30. The van der Waals surface area contributed by atoms with Gasteiger partial charge in [0.25, 0.3) is 0 Å². The Morgan fingerprint density at radius 3 is 3.09 bits per heavy atom. The molecule has 1 aliphatic rings. The molecule has 1 saturated heterocycles. The number of ether oxygens (including phenoxy) is 1. The van der Waals surface area contributed by atoms with Crippen molar-refractivity contribution in [2.24, 2.45) is 0 Å². The fourth-order valence-corrected chi connectivity index (χ4v) is 3.07. The van der Waals surface area contributed by atoms with E-state index in [0.717, 1.165) is 38.3 Å². The number of unbranched alkanes of at least 4 members (excludes halogenated alkanes) is 1. The Bertz CT molecular complexity index is 459. The van der Waals surface area contributed by atoms with Crippen molar-refractivity contribution in [2.45, 2.75) is 58.4 Å². The first kappa shape index (κ1) is 17.0. The van der Waals surface area contributed by atoms with Gasteiger partial charge in [0, 0.05) is 44.6 Å². The molecular weight excluding hydrogens is 278 g/mol. The Morgan fingerprint density at radius 1 is 1.45 bits per heavy atom. The molecule has 124 valence electrons. The molecule has 1 aromatic rings. The van der Waals surface area contributed by atoms with E-state index in [1.165, 1.54) is 12.8 Å². The van der Waals surface area contributed by atoms with E-state index in [1.54, 1.807) is 0 Å². The standard InChI is InChI=1S/C17H29N3O2/c1-3-5-10-19-12-9-18-17(19)15-7-6-11-20(14-15)16(21)8-13-22-4-2/h9,12,15H,3-8,10-11,13-14H2,1-2H3/t15-/m1/s1. The fraction of sp³-hybridized carbons (Fsp3) is 0.765. The number of likely N-dealkylation sites (tertiary alicyclic amines) is 1. The Kier molecular flexibility index (Phi) is 6.90. The molecule has 0 aromatic carbocycles. The van der Waals surface area contributed by atoms with E-state index in [4.69, 9.17) is 4.74 Å². The number of amides is 1. The molecule has 2 rings (SSSR count). The summed E-state index contributed by atoms with van der Waals surface area (Å²) in [5, 5.41) is 0. The van der Waals surface area contributed by atoms with Crippen LogP contribution in [0.4, 0.5) is 0 Å². The van der Waals surface area contributed by atoms with E-state index in [0.29, 0.717) is 25.6 Å². The van der Waals surface area contributed by atoms with Gasteiger partial charge in [0.1, 0.15) is 5.82 Å². The minimum absolute atomic E-state index is 0.213. The first-order valence-electron chi connectivity index (χ1n) is 8.62. The van der Waals surface area contributed by atoms with E-state index in [2.05, 4.69) is 22.7 Å². The second kappa shape index (κ2) is 8.93. The molecule has 0 bridgehead atoms. The zero-order chi connectivity index (χ0) is 15.8. The largest absolute Gasteiger partial charge is 0.381 e. The van der Waals surface area contributed by atoms with E-state index in [1.807, 2.05) is 18.0 Å². The molecular formula is C17H29N3O2. The molecule has 5 nitrogen and oxygen atoms in total. The summed E-state index contributed by atoms with van der Waals surface area (Å²) in [6.07, 6.45) is 8.99. The van der Waals surface area contributed by atoms with Crippen LogP contribution < -0.4 is 0 Å². The summed E-state index contributed by atoms with van der Waals surface area (Å²) < 4.78 is 7.56. The highest BCUT2D eigenvalue weighted by atomic mass is 16.5. The summed E-state index contributed by atoms with van der Waals surface area (Å²) in [5.74, 6) is 1.73. The number of carbonyl (C=O) groups excluding carboxylic acids is 1. The Balaban J connectivity index is 1.92. The molecule has 2 heterocycles. The molecule has 0 N–H and O–H groups in total. The molecule has 0 radical (unpaired) electrons. The van der Waals surface area contributed by atoms with Crippen LogP contribution in [0, 0.1) is 0 Å². The highest BCUT2D eigenvalue weighted by molar-refractivity contribution is 5.76. The third-order valence-corrected chi connectivity index (χ3v) is 4.30. The molecule has 0 unspecified atom stereocenters. The van der Waals surface area contributed by atoms with Gasteiger partial charge in [-0.1, -0.05) is 13.3 Å². The van der Waals surface area contributed by atoms with Crippen LogP contribution in [0.1, 0.15) is 57.7 Å². The van der Waals surface area contributed by atoms with E-state index in [-0.39, 0.29) is 5.91 Å². The van der Waals surface area contributed by atoms with Gasteiger partial charge < -0.3 is 14.2 Å². The lowest BCUT2D eigenvalue weighted by Gasteiger charge is -2.32. The van der Waals surface area contributed by atoms with Crippen LogP contribution >= 0.6 is 0 Å². The second-order valence-corrected chi connectivity index (χ2v) is 5.96. The van der Waals surface area contributed by atoms with Crippen LogP contribution in [0.3, 0.4) is 0 Å². The van der Waals surface area contributed by atoms with E-state index >= 15 is 0 Å². The van der Waals surface area contributed by atoms with Gasteiger partial charge in [-0.3, -0.25) is 4.79 Å². The monoisotopic (exact) mass is 307 g/mol. The van der Waals surface area contributed by atoms with Crippen LogP contribution in [0.15, 0.2) is 12.4 Å². The predicted molar refractivity (Wildman–Crippen MR) is 86.8 cm³/mol. The SMILES string of the molecule is CCCCn1ccnc1[C@@H]1CCCN(C(=O)CCOCC)C1. The third kappa shape index (κ3) is 4.57. The zero-order valence-electron chi connectivity index (χ0n) is 14.0. The average molecular weight is 307 g/mol. The van der Waals surface area contributed by atoms with E-state index in [9.17, 15) is 4.79 Å². The van der Waals surface area contributed by atoms with Gasteiger partial charge in [-0.15, -0.1) is 0 Å². The summed E-state index contributed by atoms with van der Waals surface area (Å²) in [4.78, 5) is 18.8. The van der Waals surface area contributed by atoms with Gasteiger partial charge in [0.15, 0.2) is 0 Å². The van der Waals surface area contributed by atoms with Gasteiger partial charge in [0.05, 0.1) is 13.0 Å². The maximum Gasteiger partial charge on any atom is 0.224 e. The van der Waals surface area contributed by atoms with Crippen LogP contribution in [0.25, 0.3) is 0 Å². The number of nitrogens with zero attached hydrogens (tertiary/aromatic N) is 3. The average Bonchev–Trinajstić information content (AvgIpc) is 3.01. The molecule has 0 saturated carbocycles. The van der Waals surface area contributed by atoms with Gasteiger partial charge in [-0.25, -0.2) is 4.98 Å². The smallest absolute Gasteiger partial charge is 0.224 e. The molecule has 22 heavy (non-hydrogen) atoms. The van der Waals surface area contributed by atoms with E-state index < -0.39 is 0 Å². The fourth-order valence-electron chi connectivity index (χ4n) is 3.07. The molecule has 1 fully saturated rings. The summed E-state index contributed by atoms with van der Waals surface area (Å²) >= 11 is 0. The van der Waals surface area contributed by atoms with Crippen molar-refractivity contribution in [3.63, 3.8) is 0 Å². The summed E-state index contributed by atoms with van der Waals surface area (Å²) in [6.45, 7) is 8.06. The number of hydrogen-bond donors (Lipinski definition) is 0. The Labute approximate surface area is 133 Å². The van der Waals surface area contributed by atoms with Crippen LogP contribution in [0.5, 0.6) is 0 Å². The number of piperidine rings is 1. The first-order valence-corrected chi connectivity index (χ1v) is 8.62. The number of aromatic nitrogens is 2. The molecule has 0 aliphatic carbocycles. The molecule has 1 amide bonds. The quantitative estimate of drug-likeness (QED) is 0.694. The normalized spacial score (nSPS) is 18.6. The molecule has 5 heteroatoms. The van der Waals surface area contributed by atoms with Gasteiger partial charge >= 0.3 is 0 Å². The van der Waals surface area contributed by atoms with Crippen molar-refractivity contribution in [3.05, 3.63) is 18.2 Å². The highest BCUT2D eigenvalue weighted by Crippen LogP contribution is 2.26. The molecule has 0 spiro atoms. The lowest BCUT2D eigenvalue weighted by atomic mass is 9.96. The first-order chi connectivity index (χ1) is 10.8. The predicted octanol–water partition coefficient (Wildman–Crippen LogP) is 2.82. The van der Waals surface area contributed by atoms with Crippen molar-refractivity contribution in [1.29, 1.82) is 0 Å². The minimum atomic E-state index is 0.213. The van der Waals surface area contributed by atoms with Crippen LogP contribution in [0.2, 0.25) is 0 Å². The summed E-state index contributed by atoms with van der Waals surface area (Å²) in [7, 11) is 0. The van der Waals surface area contributed by atoms with Crippen LogP contribution in [-0.4, -0.2) is 46.7 Å². The Morgan fingerprint density at radius 2 is 2.32 bits per heavy atom. The molecule has 1 atom stereocenters. The number of aryl methyl sites for hydroxylation is 1. The maximum atomic E-state index is 12.3. The number of carbonyl (C=O) groups is 1. The molecule has 1 aliphatic heterocycles. The summed E-state index contributed by atoms with van der Waals surface area (Å²) in [5.41, 5.74) is 0. The Hall–Kier alpha value is -1.36. The van der Waals surface area contributed by atoms with Gasteiger partial charge in [0.2, 0.25) is 5.91 Å². The highest BCUT2D eigenvalue weighted by Gasteiger charge is 2.27. The van der Waals surface area contributed by atoms with Crippen molar-refractivity contribution in [2.75, 3.05) is 26.3 Å². The van der Waals surface area contributed by atoms with Crippen molar-refractivity contribution < 1.29 is 9.53 Å². The number of hydrogen-bond acceptors (Lipinski definition) is 3. The topological polar surface area (TPSA) is 47.4 Å². The van der Waals surface area contributed by atoms with Crippen molar-refractivity contribution >= 4 is 5.91 Å². The van der Waals surface area contributed by atoms with Gasteiger partial charge in [-0.05, 0) is 26.2 Å². The van der Waals surface area contributed by atoms with Crippen molar-refractivity contribution in [1.82, 2.24) is 14.5 Å². The van der Waals surface area contributed by atoms with Crippen LogP contribution in [-0.2, 0) is 16.1 Å². The second-order valence-electron chi connectivity index (χ2n) is 5.96. The zero-order valence-corrected chi connectivity index (χ0v) is 14.0. The number of rotatable bonds is 8. The van der Waals surface area contributed by atoms with Gasteiger partial charge in [-0.2, -0.15) is 0 Å².